The summed E-state index contributed by atoms with van der Waals surface area (Å²) in [6.45, 7) is 5.37. The molecule has 3 rings (SSSR count). The van der Waals surface area contributed by atoms with Crippen molar-refractivity contribution in [1.82, 2.24) is 4.90 Å². The number of piperidine rings is 1. The summed E-state index contributed by atoms with van der Waals surface area (Å²) >= 11 is 1.38. The highest BCUT2D eigenvalue weighted by Crippen LogP contribution is 2.40. The van der Waals surface area contributed by atoms with E-state index >= 15 is 0 Å². The molecule has 1 saturated heterocycles. The van der Waals surface area contributed by atoms with Gasteiger partial charge in [-0.15, -0.1) is 11.3 Å². The number of carbonyl (C=O) groups excluding carboxylic acids is 3. The summed E-state index contributed by atoms with van der Waals surface area (Å²) in [7, 11) is 0. The molecule has 2 heterocycles. The van der Waals surface area contributed by atoms with Crippen LogP contribution in [0.15, 0.2) is 30.3 Å². The fourth-order valence-electron chi connectivity index (χ4n) is 3.66. The number of ether oxygens (including phenoxy) is 1. The highest BCUT2D eigenvalue weighted by Gasteiger charge is 2.27. The molecule has 7 nitrogen and oxygen atoms in total. The Kier molecular flexibility index (Phi) is 7.23. The molecule has 3 N–H and O–H groups in total. The van der Waals surface area contributed by atoms with E-state index in [4.69, 9.17) is 10.5 Å². The second-order valence-electron chi connectivity index (χ2n) is 7.35. The van der Waals surface area contributed by atoms with Crippen molar-refractivity contribution in [3.05, 3.63) is 41.5 Å². The van der Waals surface area contributed by atoms with Gasteiger partial charge in [-0.2, -0.15) is 0 Å². The van der Waals surface area contributed by atoms with Crippen molar-refractivity contribution in [2.75, 3.05) is 31.6 Å². The number of rotatable bonds is 7. The van der Waals surface area contributed by atoms with Crippen LogP contribution >= 0.6 is 11.3 Å². The van der Waals surface area contributed by atoms with E-state index in [1.54, 1.807) is 6.92 Å². The van der Waals surface area contributed by atoms with Crippen LogP contribution in [0.4, 0.5) is 5.00 Å². The van der Waals surface area contributed by atoms with Gasteiger partial charge in [0.1, 0.15) is 5.00 Å². The van der Waals surface area contributed by atoms with E-state index in [0.717, 1.165) is 16.0 Å². The zero-order valence-electron chi connectivity index (χ0n) is 17.3. The number of nitrogens with zero attached hydrogens (tertiary/aromatic N) is 1. The third kappa shape index (κ3) is 5.06. The summed E-state index contributed by atoms with van der Waals surface area (Å²) in [5, 5.41) is 3.41. The van der Waals surface area contributed by atoms with Gasteiger partial charge < -0.3 is 15.8 Å². The molecule has 30 heavy (non-hydrogen) atoms. The van der Waals surface area contributed by atoms with Crippen LogP contribution in [0.25, 0.3) is 10.4 Å². The molecule has 1 fully saturated rings. The molecule has 0 spiro atoms. The monoisotopic (exact) mass is 429 g/mol. The predicted octanol–water partition coefficient (Wildman–Crippen LogP) is 3.04. The van der Waals surface area contributed by atoms with Crippen LogP contribution < -0.4 is 11.1 Å². The second-order valence-corrected chi connectivity index (χ2v) is 8.37. The topological polar surface area (TPSA) is 102 Å². The molecule has 1 aromatic heterocycles. The van der Waals surface area contributed by atoms with E-state index < -0.39 is 5.97 Å². The Bertz CT molecular complexity index is 918. The van der Waals surface area contributed by atoms with E-state index in [0.29, 0.717) is 36.5 Å². The summed E-state index contributed by atoms with van der Waals surface area (Å²) in [6, 6.07) is 9.76. The van der Waals surface area contributed by atoms with Crippen molar-refractivity contribution >= 4 is 34.1 Å². The first kappa shape index (κ1) is 22.0. The third-order valence-corrected chi connectivity index (χ3v) is 6.53. The van der Waals surface area contributed by atoms with Crippen molar-refractivity contribution < 1.29 is 19.1 Å². The van der Waals surface area contributed by atoms with Crippen LogP contribution in [0.2, 0.25) is 0 Å². The first-order valence-electron chi connectivity index (χ1n) is 10.1. The Morgan fingerprint density at radius 3 is 2.47 bits per heavy atom. The number of thiophene rings is 1. The number of hydrogen-bond acceptors (Lipinski definition) is 6. The zero-order chi connectivity index (χ0) is 21.7. The first-order chi connectivity index (χ1) is 14.4. The number of primary amides is 1. The van der Waals surface area contributed by atoms with Crippen LogP contribution in [0.5, 0.6) is 0 Å². The number of anilines is 1. The van der Waals surface area contributed by atoms with Gasteiger partial charge in [-0.1, -0.05) is 30.3 Å². The van der Waals surface area contributed by atoms with Gasteiger partial charge in [-0.05, 0) is 50.9 Å². The molecular weight excluding hydrogens is 402 g/mol. The summed E-state index contributed by atoms with van der Waals surface area (Å²) in [6.07, 6.45) is 1.32. The van der Waals surface area contributed by atoms with Gasteiger partial charge in [0.15, 0.2) is 0 Å². The lowest BCUT2D eigenvalue weighted by Crippen LogP contribution is -2.42. The molecule has 0 atom stereocenters. The van der Waals surface area contributed by atoms with Crippen LogP contribution in [0, 0.1) is 12.8 Å². The number of benzene rings is 1. The van der Waals surface area contributed by atoms with Gasteiger partial charge in [0.25, 0.3) is 0 Å². The fourth-order valence-corrected chi connectivity index (χ4v) is 4.88. The Hall–Kier alpha value is -2.71. The molecule has 0 radical (unpaired) electrons. The van der Waals surface area contributed by atoms with Crippen LogP contribution in [0.3, 0.4) is 0 Å². The molecule has 1 aliphatic rings. The Labute approximate surface area is 180 Å². The van der Waals surface area contributed by atoms with Crippen molar-refractivity contribution in [2.45, 2.75) is 26.7 Å². The number of carbonyl (C=O) groups is 3. The van der Waals surface area contributed by atoms with Crippen LogP contribution in [-0.4, -0.2) is 48.9 Å². The van der Waals surface area contributed by atoms with Gasteiger partial charge in [0.05, 0.1) is 18.7 Å². The fraction of sp³-hybridized carbons (Fsp3) is 0.409. The minimum absolute atomic E-state index is 0.117. The van der Waals surface area contributed by atoms with Crippen molar-refractivity contribution in [3.63, 3.8) is 0 Å². The summed E-state index contributed by atoms with van der Waals surface area (Å²) < 4.78 is 5.23. The van der Waals surface area contributed by atoms with Crippen molar-refractivity contribution in [3.8, 4) is 10.4 Å². The molecular formula is C22H27N3O4S. The van der Waals surface area contributed by atoms with Gasteiger partial charge in [0, 0.05) is 10.8 Å². The Morgan fingerprint density at radius 1 is 1.20 bits per heavy atom. The SMILES string of the molecule is CCOC(=O)c1c(NC(=O)CN2CCC(C(N)=O)CC2)sc(-c2ccccc2)c1C. The van der Waals surface area contributed by atoms with E-state index in [1.165, 1.54) is 11.3 Å². The van der Waals surface area contributed by atoms with Crippen molar-refractivity contribution in [2.24, 2.45) is 11.7 Å². The number of nitrogens with two attached hydrogens (primary N) is 1. The molecule has 2 aromatic rings. The second kappa shape index (κ2) is 9.86. The standard InChI is InChI=1S/C22H27N3O4S/c1-3-29-22(28)18-14(2)19(15-7-5-4-6-8-15)30-21(18)24-17(26)13-25-11-9-16(10-12-25)20(23)27/h4-8,16H,3,9-13H2,1-2H3,(H2,23,27)(H,24,26). The maximum atomic E-state index is 12.7. The average molecular weight is 430 g/mol. The Morgan fingerprint density at radius 2 is 1.87 bits per heavy atom. The molecule has 0 bridgehead atoms. The lowest BCUT2D eigenvalue weighted by molar-refractivity contribution is -0.123. The molecule has 2 amide bonds. The number of amides is 2. The maximum absolute atomic E-state index is 12.7. The quantitative estimate of drug-likeness (QED) is 0.659. The molecule has 0 saturated carbocycles. The Balaban J connectivity index is 1.76. The van der Waals surface area contributed by atoms with Crippen LogP contribution in [0.1, 0.15) is 35.7 Å². The first-order valence-corrected chi connectivity index (χ1v) is 10.9. The predicted molar refractivity (Wildman–Crippen MR) is 117 cm³/mol. The molecule has 0 unspecified atom stereocenters. The molecule has 0 aliphatic carbocycles. The van der Waals surface area contributed by atoms with E-state index in [9.17, 15) is 14.4 Å². The number of hydrogen-bond donors (Lipinski definition) is 2. The zero-order valence-corrected chi connectivity index (χ0v) is 18.1. The molecule has 1 aliphatic heterocycles. The number of nitrogens with one attached hydrogen (secondary N) is 1. The highest BCUT2D eigenvalue weighted by molar-refractivity contribution is 7.20. The summed E-state index contributed by atoms with van der Waals surface area (Å²) in [5.74, 6) is -1.03. The molecule has 1 aromatic carbocycles. The summed E-state index contributed by atoms with van der Waals surface area (Å²) in [5.41, 5.74) is 7.55. The van der Waals surface area contributed by atoms with Gasteiger partial charge >= 0.3 is 5.97 Å². The van der Waals surface area contributed by atoms with Crippen LogP contribution in [-0.2, 0) is 14.3 Å². The third-order valence-electron chi connectivity index (χ3n) is 5.27. The normalized spacial score (nSPS) is 15.0. The number of likely N-dealkylation sites (tertiary alicyclic amines) is 1. The van der Waals surface area contributed by atoms with Crippen molar-refractivity contribution in [1.29, 1.82) is 0 Å². The van der Waals surface area contributed by atoms with Gasteiger partial charge in [0.2, 0.25) is 11.8 Å². The molecule has 160 valence electrons. The summed E-state index contributed by atoms with van der Waals surface area (Å²) in [4.78, 5) is 39.5. The lowest BCUT2D eigenvalue weighted by atomic mass is 9.96. The average Bonchev–Trinajstić information content (AvgIpc) is 3.05. The van der Waals surface area contributed by atoms with E-state index in [-0.39, 0.29) is 30.9 Å². The lowest BCUT2D eigenvalue weighted by Gasteiger charge is -2.29. The smallest absolute Gasteiger partial charge is 0.341 e. The largest absolute Gasteiger partial charge is 0.462 e. The maximum Gasteiger partial charge on any atom is 0.341 e. The van der Waals surface area contributed by atoms with Gasteiger partial charge in [-0.25, -0.2) is 4.79 Å². The highest BCUT2D eigenvalue weighted by atomic mass is 32.1. The molecule has 8 heteroatoms. The van der Waals surface area contributed by atoms with E-state index in [2.05, 4.69) is 5.32 Å². The van der Waals surface area contributed by atoms with E-state index in [1.807, 2.05) is 42.2 Å². The minimum Gasteiger partial charge on any atom is -0.462 e. The van der Waals surface area contributed by atoms with Gasteiger partial charge in [-0.3, -0.25) is 14.5 Å². The minimum atomic E-state index is -0.439. The number of esters is 1.